The van der Waals surface area contributed by atoms with Crippen LogP contribution in [0.1, 0.15) is 39.8 Å². The van der Waals surface area contributed by atoms with E-state index in [1.54, 1.807) is 11.3 Å². The van der Waals surface area contributed by atoms with Gasteiger partial charge in [-0.15, -0.1) is 11.3 Å². The minimum atomic E-state index is 0.286. The van der Waals surface area contributed by atoms with Gasteiger partial charge in [-0.3, -0.25) is 4.68 Å². The lowest BCUT2D eigenvalue weighted by atomic mass is 10.2. The van der Waals surface area contributed by atoms with Crippen LogP contribution in [0.5, 0.6) is 0 Å². The monoisotopic (exact) mass is 349 g/mol. The molecule has 0 aliphatic carbocycles. The average molecular weight is 350 g/mol. The van der Waals surface area contributed by atoms with Crippen LogP contribution in [0.3, 0.4) is 0 Å². The number of thiazole rings is 1. The molecule has 2 aromatic heterocycles. The molecule has 1 N–H and O–H groups in total. The number of nitrogens with zero attached hydrogens (tertiary/aromatic N) is 4. The van der Waals surface area contributed by atoms with Gasteiger partial charge in [0.25, 0.3) is 0 Å². The quantitative estimate of drug-likeness (QED) is 0.899. The van der Waals surface area contributed by atoms with Crippen LogP contribution in [-0.4, -0.2) is 41.1 Å². The Morgan fingerprint density at radius 1 is 1.21 bits per heavy atom. The van der Waals surface area contributed by atoms with Crippen molar-refractivity contribution in [1.82, 2.24) is 20.1 Å². The van der Waals surface area contributed by atoms with Crippen molar-refractivity contribution in [3.8, 4) is 0 Å². The molecular formula is C17H27N5OS. The van der Waals surface area contributed by atoms with Crippen molar-refractivity contribution in [3.63, 3.8) is 0 Å². The first kappa shape index (κ1) is 17.4. The van der Waals surface area contributed by atoms with Crippen LogP contribution in [-0.2, 0) is 18.3 Å². The Morgan fingerprint density at radius 2 is 1.92 bits per heavy atom. The van der Waals surface area contributed by atoms with Crippen LogP contribution in [0.2, 0.25) is 0 Å². The van der Waals surface area contributed by atoms with Gasteiger partial charge in [0.1, 0.15) is 5.82 Å². The van der Waals surface area contributed by atoms with Crippen LogP contribution in [0.15, 0.2) is 0 Å². The number of aryl methyl sites for hydroxylation is 4. The summed E-state index contributed by atoms with van der Waals surface area (Å²) in [6.45, 7) is 12.7. The van der Waals surface area contributed by atoms with E-state index in [0.717, 1.165) is 49.2 Å². The zero-order valence-electron chi connectivity index (χ0n) is 15.2. The van der Waals surface area contributed by atoms with Crippen LogP contribution < -0.4 is 10.2 Å². The fourth-order valence-electron chi connectivity index (χ4n) is 3.36. The zero-order chi connectivity index (χ0) is 17.3. The lowest BCUT2D eigenvalue weighted by molar-refractivity contribution is 0.122. The highest BCUT2D eigenvalue weighted by molar-refractivity contribution is 7.11. The second-order valence-corrected chi connectivity index (χ2v) is 7.63. The number of hydrogen-bond acceptors (Lipinski definition) is 6. The van der Waals surface area contributed by atoms with Gasteiger partial charge < -0.3 is 15.0 Å². The Morgan fingerprint density at radius 3 is 2.54 bits per heavy atom. The summed E-state index contributed by atoms with van der Waals surface area (Å²) in [5.41, 5.74) is 3.51. The summed E-state index contributed by atoms with van der Waals surface area (Å²) in [4.78, 5) is 8.24. The molecule has 0 saturated carbocycles. The molecule has 3 heterocycles. The maximum atomic E-state index is 5.49. The zero-order valence-corrected chi connectivity index (χ0v) is 16.0. The molecular weight excluding hydrogens is 322 g/mol. The smallest absolute Gasteiger partial charge is 0.131 e. The Hall–Kier alpha value is -1.44. The predicted octanol–water partition coefficient (Wildman–Crippen LogP) is 2.49. The lowest BCUT2D eigenvalue weighted by Gasteiger charge is -2.29. The third-order valence-corrected chi connectivity index (χ3v) is 5.80. The van der Waals surface area contributed by atoms with Crippen molar-refractivity contribution in [2.75, 3.05) is 31.2 Å². The molecule has 1 saturated heterocycles. The first-order valence-electron chi connectivity index (χ1n) is 8.50. The van der Waals surface area contributed by atoms with E-state index in [4.69, 9.17) is 4.74 Å². The summed E-state index contributed by atoms with van der Waals surface area (Å²) < 4.78 is 7.49. The molecule has 1 aliphatic rings. The first-order valence-corrected chi connectivity index (χ1v) is 9.31. The number of hydrogen-bond donors (Lipinski definition) is 1. The number of anilines is 1. The molecule has 1 unspecified atom stereocenters. The Balaban J connectivity index is 1.76. The second-order valence-electron chi connectivity index (χ2n) is 6.40. The minimum Gasteiger partial charge on any atom is -0.378 e. The van der Waals surface area contributed by atoms with E-state index >= 15 is 0 Å². The van der Waals surface area contributed by atoms with Crippen LogP contribution in [0, 0.1) is 20.8 Å². The number of rotatable bonds is 5. The Bertz CT molecular complexity index is 702. The summed E-state index contributed by atoms with van der Waals surface area (Å²) in [7, 11) is 2.03. The fraction of sp³-hybridized carbons (Fsp3) is 0.647. The number of morpholine rings is 1. The normalized spacial score (nSPS) is 16.6. The molecule has 1 fully saturated rings. The van der Waals surface area contributed by atoms with E-state index in [2.05, 4.69) is 48.0 Å². The van der Waals surface area contributed by atoms with Crippen LogP contribution in [0.25, 0.3) is 0 Å². The van der Waals surface area contributed by atoms with Crippen LogP contribution >= 0.6 is 11.3 Å². The van der Waals surface area contributed by atoms with E-state index in [0.29, 0.717) is 0 Å². The third kappa shape index (κ3) is 3.48. The molecule has 7 heteroatoms. The van der Waals surface area contributed by atoms with Gasteiger partial charge in [-0.25, -0.2) is 4.98 Å². The van der Waals surface area contributed by atoms with Gasteiger partial charge in [0.05, 0.1) is 29.6 Å². The molecule has 0 radical (unpaired) electrons. The lowest BCUT2D eigenvalue weighted by Crippen LogP contribution is -2.38. The molecule has 0 bridgehead atoms. The fourth-order valence-corrected chi connectivity index (χ4v) is 4.32. The SMILES string of the molecule is Cc1nc(C)c(C(C)NCc2c(C)nn(C)c2N2CCOCC2)s1. The third-order valence-electron chi connectivity index (χ3n) is 4.54. The van der Waals surface area contributed by atoms with Gasteiger partial charge in [0.15, 0.2) is 0 Å². The first-order chi connectivity index (χ1) is 11.5. The van der Waals surface area contributed by atoms with Crippen molar-refractivity contribution in [1.29, 1.82) is 0 Å². The van der Waals surface area contributed by atoms with E-state index in [1.165, 1.54) is 16.3 Å². The highest BCUT2D eigenvalue weighted by Gasteiger charge is 2.22. The molecule has 6 nitrogen and oxygen atoms in total. The van der Waals surface area contributed by atoms with Gasteiger partial charge in [-0.2, -0.15) is 5.10 Å². The van der Waals surface area contributed by atoms with E-state index < -0.39 is 0 Å². The Labute approximate surface area is 147 Å². The van der Waals surface area contributed by atoms with Crippen molar-refractivity contribution in [3.05, 3.63) is 26.8 Å². The molecule has 0 aromatic carbocycles. The van der Waals surface area contributed by atoms with E-state index in [9.17, 15) is 0 Å². The average Bonchev–Trinajstić information content (AvgIpc) is 3.03. The molecule has 132 valence electrons. The molecule has 2 aromatic rings. The number of ether oxygens (including phenoxy) is 1. The standard InChI is InChI=1S/C17H27N5OS/c1-11-15(10-18-12(2)16-13(3)19-14(4)24-16)17(21(5)20-11)22-6-8-23-9-7-22/h12,18H,6-10H2,1-5H3. The number of nitrogens with one attached hydrogen (secondary N) is 1. The largest absolute Gasteiger partial charge is 0.378 e. The molecule has 1 atom stereocenters. The van der Waals surface area contributed by atoms with Crippen molar-refractivity contribution in [2.24, 2.45) is 7.05 Å². The highest BCUT2D eigenvalue weighted by atomic mass is 32.1. The molecule has 0 amide bonds. The maximum Gasteiger partial charge on any atom is 0.131 e. The van der Waals surface area contributed by atoms with Gasteiger partial charge in [-0.05, 0) is 27.7 Å². The van der Waals surface area contributed by atoms with Gasteiger partial charge in [0, 0.05) is 43.2 Å². The molecule has 24 heavy (non-hydrogen) atoms. The van der Waals surface area contributed by atoms with Crippen molar-refractivity contribution >= 4 is 17.2 Å². The van der Waals surface area contributed by atoms with Gasteiger partial charge in [-0.1, -0.05) is 0 Å². The topological polar surface area (TPSA) is 55.2 Å². The molecule has 1 aliphatic heterocycles. The maximum absolute atomic E-state index is 5.49. The summed E-state index contributed by atoms with van der Waals surface area (Å²) in [6, 6.07) is 0.286. The summed E-state index contributed by atoms with van der Waals surface area (Å²) in [6.07, 6.45) is 0. The Kier molecular flexibility index (Phi) is 5.22. The molecule has 3 rings (SSSR count). The van der Waals surface area contributed by atoms with Crippen molar-refractivity contribution < 1.29 is 4.74 Å². The summed E-state index contributed by atoms with van der Waals surface area (Å²) in [5, 5.41) is 9.43. The van der Waals surface area contributed by atoms with Crippen molar-refractivity contribution in [2.45, 2.75) is 40.3 Å². The second kappa shape index (κ2) is 7.21. The number of aromatic nitrogens is 3. The van der Waals surface area contributed by atoms with E-state index in [1.807, 2.05) is 11.7 Å². The highest BCUT2D eigenvalue weighted by Crippen LogP contribution is 2.27. The predicted molar refractivity (Wildman–Crippen MR) is 97.8 cm³/mol. The van der Waals surface area contributed by atoms with E-state index in [-0.39, 0.29) is 6.04 Å². The van der Waals surface area contributed by atoms with Gasteiger partial charge in [0.2, 0.25) is 0 Å². The minimum absolute atomic E-state index is 0.286. The summed E-state index contributed by atoms with van der Waals surface area (Å²) >= 11 is 1.78. The summed E-state index contributed by atoms with van der Waals surface area (Å²) in [5.74, 6) is 1.22. The molecule has 0 spiro atoms. The van der Waals surface area contributed by atoms with Crippen LogP contribution in [0.4, 0.5) is 5.82 Å². The van der Waals surface area contributed by atoms with Gasteiger partial charge >= 0.3 is 0 Å².